The Morgan fingerprint density at radius 2 is 1.86 bits per heavy atom. The first-order chi connectivity index (χ1) is 6.45. The molecule has 1 atom stereocenters. The molecule has 82 valence electrons. The van der Waals surface area contributed by atoms with Gasteiger partial charge in [0.15, 0.2) is 0 Å². The lowest BCUT2D eigenvalue weighted by molar-refractivity contribution is -0.141. The minimum Gasteiger partial charge on any atom is -0.481 e. The smallest absolute Gasteiger partial charge is 0.306 e. The summed E-state index contributed by atoms with van der Waals surface area (Å²) in [6, 6.07) is 0. The van der Waals surface area contributed by atoms with Gasteiger partial charge in [0.25, 0.3) is 0 Å². The minimum absolute atomic E-state index is 0.247. The van der Waals surface area contributed by atoms with E-state index in [1.807, 2.05) is 13.8 Å². The van der Waals surface area contributed by atoms with E-state index in [0.717, 1.165) is 31.4 Å². The first-order valence-corrected chi connectivity index (χ1v) is 5.25. The van der Waals surface area contributed by atoms with Gasteiger partial charge in [0.1, 0.15) is 0 Å². The molecule has 3 heteroatoms. The van der Waals surface area contributed by atoms with Gasteiger partial charge in [0, 0.05) is 5.71 Å². The average Bonchev–Trinajstić information content (AvgIpc) is 2.11. The van der Waals surface area contributed by atoms with Gasteiger partial charge < -0.3 is 10.5 Å². The van der Waals surface area contributed by atoms with Gasteiger partial charge in [-0.2, -0.15) is 0 Å². The number of carbonyl (C=O) groups is 1. The molecule has 0 amide bonds. The Labute approximate surface area is 86.0 Å². The lowest BCUT2D eigenvalue weighted by atomic mass is 9.99. The molecule has 14 heavy (non-hydrogen) atoms. The molecule has 0 aliphatic heterocycles. The fraction of sp³-hybridized carbons (Fsp3) is 0.818. The van der Waals surface area contributed by atoms with E-state index in [9.17, 15) is 4.79 Å². The van der Waals surface area contributed by atoms with Crippen LogP contribution in [0.2, 0.25) is 0 Å². The standard InChI is InChI=1S/C11H21NO2/c1-8(2)10(12)7-5-4-6-9(3)11(13)14/h8-9,12H,4-7H2,1-3H3,(H,13,14). The largest absolute Gasteiger partial charge is 0.481 e. The third kappa shape index (κ3) is 5.73. The Kier molecular flexibility index (Phi) is 6.17. The van der Waals surface area contributed by atoms with Crippen LogP contribution in [-0.2, 0) is 4.79 Å². The van der Waals surface area contributed by atoms with Gasteiger partial charge in [-0.25, -0.2) is 0 Å². The summed E-state index contributed by atoms with van der Waals surface area (Å²) in [5.41, 5.74) is 0.771. The Balaban J connectivity index is 3.47. The third-order valence-electron chi connectivity index (χ3n) is 2.45. The van der Waals surface area contributed by atoms with Crippen molar-refractivity contribution in [2.75, 3.05) is 0 Å². The van der Waals surface area contributed by atoms with Gasteiger partial charge in [0.05, 0.1) is 5.92 Å². The number of unbranched alkanes of at least 4 members (excludes halogenated alkanes) is 1. The van der Waals surface area contributed by atoms with Gasteiger partial charge in [-0.15, -0.1) is 0 Å². The van der Waals surface area contributed by atoms with E-state index in [1.165, 1.54) is 0 Å². The first-order valence-electron chi connectivity index (χ1n) is 5.25. The maximum Gasteiger partial charge on any atom is 0.306 e. The monoisotopic (exact) mass is 199 g/mol. The van der Waals surface area contributed by atoms with Crippen LogP contribution < -0.4 is 0 Å². The zero-order chi connectivity index (χ0) is 11.1. The SMILES string of the molecule is CC(C)C(=N)CCCCC(C)C(=O)O. The highest BCUT2D eigenvalue weighted by atomic mass is 16.4. The van der Waals surface area contributed by atoms with Crippen molar-refractivity contribution in [1.82, 2.24) is 0 Å². The van der Waals surface area contributed by atoms with Gasteiger partial charge in [0.2, 0.25) is 0 Å². The molecule has 0 bridgehead atoms. The molecule has 0 aliphatic carbocycles. The Bertz CT molecular complexity index is 199. The number of hydrogen-bond donors (Lipinski definition) is 2. The fourth-order valence-electron chi connectivity index (χ4n) is 1.18. The molecule has 3 nitrogen and oxygen atoms in total. The van der Waals surface area contributed by atoms with Crippen molar-refractivity contribution in [3.8, 4) is 0 Å². The molecule has 0 rings (SSSR count). The molecule has 0 radical (unpaired) electrons. The van der Waals surface area contributed by atoms with Crippen molar-refractivity contribution in [3.05, 3.63) is 0 Å². The zero-order valence-corrected chi connectivity index (χ0v) is 9.34. The van der Waals surface area contributed by atoms with Crippen LogP contribution in [0, 0.1) is 17.2 Å². The van der Waals surface area contributed by atoms with Crippen molar-refractivity contribution >= 4 is 11.7 Å². The first kappa shape index (κ1) is 13.1. The van der Waals surface area contributed by atoms with Crippen LogP contribution in [0.25, 0.3) is 0 Å². The third-order valence-corrected chi connectivity index (χ3v) is 2.45. The maximum atomic E-state index is 10.5. The Morgan fingerprint density at radius 3 is 2.29 bits per heavy atom. The van der Waals surface area contributed by atoms with E-state index in [-0.39, 0.29) is 5.92 Å². The Morgan fingerprint density at radius 1 is 1.29 bits per heavy atom. The van der Waals surface area contributed by atoms with Crippen LogP contribution in [0.1, 0.15) is 46.5 Å². The second-order valence-corrected chi connectivity index (χ2v) is 4.17. The topological polar surface area (TPSA) is 61.2 Å². The quantitative estimate of drug-likeness (QED) is 0.489. The predicted molar refractivity (Wildman–Crippen MR) is 57.8 cm³/mol. The van der Waals surface area contributed by atoms with Crippen LogP contribution in [0.5, 0.6) is 0 Å². The second-order valence-electron chi connectivity index (χ2n) is 4.17. The van der Waals surface area contributed by atoms with Crippen LogP contribution in [-0.4, -0.2) is 16.8 Å². The lowest BCUT2D eigenvalue weighted by Gasteiger charge is -2.08. The van der Waals surface area contributed by atoms with Crippen LogP contribution in [0.4, 0.5) is 0 Å². The molecule has 0 fully saturated rings. The summed E-state index contributed by atoms with van der Waals surface area (Å²) in [5.74, 6) is -0.640. The molecule has 0 aromatic carbocycles. The molecule has 0 saturated carbocycles. The fourth-order valence-corrected chi connectivity index (χ4v) is 1.18. The van der Waals surface area contributed by atoms with E-state index < -0.39 is 5.97 Å². The van der Waals surface area contributed by atoms with Gasteiger partial charge in [-0.05, 0) is 25.2 Å². The number of hydrogen-bond acceptors (Lipinski definition) is 2. The summed E-state index contributed by atoms with van der Waals surface area (Å²) in [5, 5.41) is 16.2. The number of rotatable bonds is 7. The molecule has 0 aromatic heterocycles. The average molecular weight is 199 g/mol. The molecule has 2 N–H and O–H groups in total. The van der Waals surface area contributed by atoms with Gasteiger partial charge >= 0.3 is 5.97 Å². The van der Waals surface area contributed by atoms with Crippen LogP contribution >= 0.6 is 0 Å². The minimum atomic E-state index is -0.719. The van der Waals surface area contributed by atoms with Gasteiger partial charge in [-0.3, -0.25) is 4.79 Å². The van der Waals surface area contributed by atoms with E-state index in [2.05, 4.69) is 0 Å². The van der Waals surface area contributed by atoms with E-state index >= 15 is 0 Å². The number of aliphatic carboxylic acids is 1. The maximum absolute atomic E-state index is 10.5. The summed E-state index contributed by atoms with van der Waals surface area (Å²) >= 11 is 0. The summed E-state index contributed by atoms with van der Waals surface area (Å²) < 4.78 is 0. The summed E-state index contributed by atoms with van der Waals surface area (Å²) in [4.78, 5) is 10.5. The molecule has 1 unspecified atom stereocenters. The number of nitrogens with one attached hydrogen (secondary N) is 1. The van der Waals surface area contributed by atoms with E-state index in [0.29, 0.717) is 5.92 Å². The lowest BCUT2D eigenvalue weighted by Crippen LogP contribution is -2.10. The highest BCUT2D eigenvalue weighted by molar-refractivity contribution is 5.83. The van der Waals surface area contributed by atoms with Crippen LogP contribution in [0.15, 0.2) is 0 Å². The highest BCUT2D eigenvalue weighted by Crippen LogP contribution is 2.11. The van der Waals surface area contributed by atoms with Crippen molar-refractivity contribution in [1.29, 1.82) is 5.41 Å². The summed E-state index contributed by atoms with van der Waals surface area (Å²) in [7, 11) is 0. The predicted octanol–water partition coefficient (Wildman–Crippen LogP) is 2.94. The molecular weight excluding hydrogens is 178 g/mol. The van der Waals surface area contributed by atoms with Gasteiger partial charge in [-0.1, -0.05) is 27.2 Å². The normalized spacial score (nSPS) is 12.9. The van der Waals surface area contributed by atoms with Crippen LogP contribution in [0.3, 0.4) is 0 Å². The van der Waals surface area contributed by atoms with Crippen molar-refractivity contribution < 1.29 is 9.90 Å². The number of carboxylic acids is 1. The Hall–Kier alpha value is -0.860. The summed E-state index contributed by atoms with van der Waals surface area (Å²) in [6.07, 6.45) is 3.38. The van der Waals surface area contributed by atoms with E-state index in [4.69, 9.17) is 10.5 Å². The van der Waals surface area contributed by atoms with Crippen molar-refractivity contribution in [2.45, 2.75) is 46.5 Å². The molecular formula is C11H21NO2. The molecule has 0 aliphatic rings. The molecule has 0 aromatic rings. The highest BCUT2D eigenvalue weighted by Gasteiger charge is 2.10. The van der Waals surface area contributed by atoms with E-state index in [1.54, 1.807) is 6.92 Å². The van der Waals surface area contributed by atoms with Crippen molar-refractivity contribution in [3.63, 3.8) is 0 Å². The second kappa shape index (κ2) is 6.57. The molecule has 0 saturated heterocycles. The summed E-state index contributed by atoms with van der Waals surface area (Å²) in [6.45, 7) is 5.76. The van der Waals surface area contributed by atoms with Crippen molar-refractivity contribution in [2.24, 2.45) is 11.8 Å². The molecule has 0 spiro atoms. The zero-order valence-electron chi connectivity index (χ0n) is 9.34. The molecule has 0 heterocycles. The number of carboxylic acid groups (broad SMARTS) is 1.